The van der Waals surface area contributed by atoms with Gasteiger partial charge in [0.1, 0.15) is 0 Å². The SMILES string of the molecule is COC1CCCC(N(c2ccc(CN)cc2)C2CC2)C1. The lowest BCUT2D eigenvalue weighted by Gasteiger charge is -2.39. The van der Waals surface area contributed by atoms with Crippen LogP contribution < -0.4 is 10.6 Å². The van der Waals surface area contributed by atoms with E-state index in [1.807, 2.05) is 7.11 Å². The van der Waals surface area contributed by atoms with Gasteiger partial charge in [0.2, 0.25) is 0 Å². The Hall–Kier alpha value is -1.06. The van der Waals surface area contributed by atoms with Crippen LogP contribution in [0.2, 0.25) is 0 Å². The van der Waals surface area contributed by atoms with E-state index in [-0.39, 0.29) is 0 Å². The minimum Gasteiger partial charge on any atom is -0.381 e. The molecule has 0 aromatic heterocycles. The van der Waals surface area contributed by atoms with Crippen molar-refractivity contribution in [1.82, 2.24) is 0 Å². The molecule has 2 aliphatic carbocycles. The average Bonchev–Trinajstić information content (AvgIpc) is 3.33. The Labute approximate surface area is 122 Å². The lowest BCUT2D eigenvalue weighted by Crippen LogP contribution is -2.42. The lowest BCUT2D eigenvalue weighted by molar-refractivity contribution is 0.0629. The van der Waals surface area contributed by atoms with Crippen molar-refractivity contribution in [3.05, 3.63) is 29.8 Å². The first-order valence-corrected chi connectivity index (χ1v) is 7.92. The molecular weight excluding hydrogens is 248 g/mol. The van der Waals surface area contributed by atoms with Crippen LogP contribution in [0.15, 0.2) is 24.3 Å². The smallest absolute Gasteiger partial charge is 0.0591 e. The van der Waals surface area contributed by atoms with Crippen LogP contribution in [0, 0.1) is 0 Å². The number of rotatable bonds is 5. The Kier molecular flexibility index (Phi) is 4.27. The van der Waals surface area contributed by atoms with Crippen LogP contribution in [0.3, 0.4) is 0 Å². The topological polar surface area (TPSA) is 38.5 Å². The first-order chi connectivity index (χ1) is 9.81. The van der Waals surface area contributed by atoms with Crippen molar-refractivity contribution in [1.29, 1.82) is 0 Å². The predicted octanol–water partition coefficient (Wildman–Crippen LogP) is 3.07. The summed E-state index contributed by atoms with van der Waals surface area (Å²) in [6, 6.07) is 10.2. The van der Waals surface area contributed by atoms with Crippen molar-refractivity contribution >= 4 is 5.69 Å². The van der Waals surface area contributed by atoms with Gasteiger partial charge in [-0.25, -0.2) is 0 Å². The van der Waals surface area contributed by atoms with E-state index in [0.29, 0.717) is 18.7 Å². The number of nitrogens with zero attached hydrogens (tertiary/aromatic N) is 1. The molecule has 0 amide bonds. The number of benzene rings is 1. The van der Waals surface area contributed by atoms with Crippen LogP contribution in [-0.2, 0) is 11.3 Å². The summed E-state index contributed by atoms with van der Waals surface area (Å²) in [6.07, 6.45) is 8.10. The zero-order valence-electron chi connectivity index (χ0n) is 12.4. The van der Waals surface area contributed by atoms with Gasteiger partial charge < -0.3 is 15.4 Å². The number of methoxy groups -OCH3 is 1. The Morgan fingerprint density at radius 1 is 1.10 bits per heavy atom. The van der Waals surface area contributed by atoms with Crippen molar-refractivity contribution < 1.29 is 4.74 Å². The van der Waals surface area contributed by atoms with Crippen LogP contribution >= 0.6 is 0 Å². The Morgan fingerprint density at radius 2 is 1.85 bits per heavy atom. The molecule has 2 fully saturated rings. The van der Waals surface area contributed by atoms with Crippen LogP contribution in [-0.4, -0.2) is 25.3 Å². The van der Waals surface area contributed by atoms with Gasteiger partial charge in [-0.15, -0.1) is 0 Å². The summed E-state index contributed by atoms with van der Waals surface area (Å²) >= 11 is 0. The van der Waals surface area contributed by atoms with Crippen LogP contribution in [0.4, 0.5) is 5.69 Å². The quantitative estimate of drug-likeness (QED) is 0.897. The minimum atomic E-state index is 0.443. The molecule has 0 aliphatic heterocycles. The standard InChI is InChI=1S/C17H26N2O/c1-20-17-4-2-3-16(11-17)19(15-9-10-15)14-7-5-13(12-18)6-8-14/h5-8,15-17H,2-4,9-12,18H2,1H3. The van der Waals surface area contributed by atoms with Crippen LogP contribution in [0.5, 0.6) is 0 Å². The second-order valence-electron chi connectivity index (χ2n) is 6.19. The van der Waals surface area contributed by atoms with E-state index < -0.39 is 0 Å². The summed E-state index contributed by atoms with van der Waals surface area (Å²) < 4.78 is 5.60. The fraction of sp³-hybridized carbons (Fsp3) is 0.647. The molecule has 110 valence electrons. The zero-order chi connectivity index (χ0) is 13.9. The summed E-state index contributed by atoms with van der Waals surface area (Å²) in [4.78, 5) is 2.66. The highest BCUT2D eigenvalue weighted by Crippen LogP contribution is 2.38. The van der Waals surface area contributed by atoms with E-state index >= 15 is 0 Å². The number of anilines is 1. The van der Waals surface area contributed by atoms with Crippen LogP contribution in [0.1, 0.15) is 44.1 Å². The van der Waals surface area contributed by atoms with Crippen molar-refractivity contribution in [2.75, 3.05) is 12.0 Å². The highest BCUT2D eigenvalue weighted by Gasteiger charge is 2.36. The summed E-state index contributed by atoms with van der Waals surface area (Å²) in [7, 11) is 1.85. The second-order valence-corrected chi connectivity index (χ2v) is 6.19. The average molecular weight is 274 g/mol. The molecule has 2 atom stereocenters. The molecular formula is C17H26N2O. The molecule has 2 N–H and O–H groups in total. The molecule has 3 rings (SSSR count). The van der Waals surface area contributed by atoms with Gasteiger partial charge in [-0.3, -0.25) is 0 Å². The van der Waals surface area contributed by atoms with Crippen molar-refractivity contribution in [2.45, 2.75) is 63.3 Å². The Morgan fingerprint density at radius 3 is 2.45 bits per heavy atom. The van der Waals surface area contributed by atoms with Gasteiger partial charge in [0.25, 0.3) is 0 Å². The first kappa shape index (κ1) is 13.9. The molecule has 2 aliphatic rings. The minimum absolute atomic E-state index is 0.443. The third kappa shape index (κ3) is 2.99. The highest BCUT2D eigenvalue weighted by molar-refractivity contribution is 5.51. The van der Waals surface area contributed by atoms with E-state index in [0.717, 1.165) is 6.04 Å². The van der Waals surface area contributed by atoms with Gasteiger partial charge in [0, 0.05) is 31.4 Å². The Balaban J connectivity index is 1.77. The molecule has 1 aromatic carbocycles. The summed E-state index contributed by atoms with van der Waals surface area (Å²) in [5.41, 5.74) is 8.28. The van der Waals surface area contributed by atoms with E-state index in [1.165, 1.54) is 49.8 Å². The molecule has 2 unspecified atom stereocenters. The molecule has 0 heterocycles. The maximum Gasteiger partial charge on any atom is 0.0591 e. The van der Waals surface area contributed by atoms with E-state index in [1.54, 1.807) is 0 Å². The van der Waals surface area contributed by atoms with E-state index in [2.05, 4.69) is 29.2 Å². The van der Waals surface area contributed by atoms with Gasteiger partial charge in [0.05, 0.1) is 6.10 Å². The molecule has 0 radical (unpaired) electrons. The third-order valence-electron chi connectivity index (χ3n) is 4.74. The molecule has 2 saturated carbocycles. The maximum absolute atomic E-state index is 5.70. The normalized spacial score (nSPS) is 26.5. The number of ether oxygens (including phenoxy) is 1. The molecule has 3 heteroatoms. The number of hydrogen-bond donors (Lipinski definition) is 1. The first-order valence-electron chi connectivity index (χ1n) is 7.92. The maximum atomic E-state index is 5.70. The van der Waals surface area contributed by atoms with E-state index in [4.69, 9.17) is 10.5 Å². The Bertz CT molecular complexity index is 427. The zero-order valence-corrected chi connectivity index (χ0v) is 12.4. The number of nitrogens with two attached hydrogens (primary N) is 1. The largest absolute Gasteiger partial charge is 0.381 e. The second kappa shape index (κ2) is 6.15. The number of hydrogen-bond acceptors (Lipinski definition) is 3. The summed E-state index contributed by atoms with van der Waals surface area (Å²) in [5, 5.41) is 0. The molecule has 20 heavy (non-hydrogen) atoms. The van der Waals surface area contributed by atoms with Crippen molar-refractivity contribution in [2.24, 2.45) is 5.73 Å². The lowest BCUT2D eigenvalue weighted by atomic mass is 9.91. The van der Waals surface area contributed by atoms with Gasteiger partial charge >= 0.3 is 0 Å². The van der Waals surface area contributed by atoms with Gasteiger partial charge in [-0.05, 0) is 56.2 Å². The molecule has 0 bridgehead atoms. The molecule has 1 aromatic rings. The van der Waals surface area contributed by atoms with Crippen molar-refractivity contribution in [3.8, 4) is 0 Å². The summed E-state index contributed by atoms with van der Waals surface area (Å²) in [5.74, 6) is 0. The van der Waals surface area contributed by atoms with E-state index in [9.17, 15) is 0 Å². The monoisotopic (exact) mass is 274 g/mol. The van der Waals surface area contributed by atoms with Gasteiger partial charge in [0.15, 0.2) is 0 Å². The van der Waals surface area contributed by atoms with Crippen LogP contribution in [0.25, 0.3) is 0 Å². The van der Waals surface area contributed by atoms with Gasteiger partial charge in [-0.2, -0.15) is 0 Å². The van der Waals surface area contributed by atoms with Gasteiger partial charge in [-0.1, -0.05) is 12.1 Å². The predicted molar refractivity (Wildman–Crippen MR) is 82.9 cm³/mol. The fourth-order valence-corrected chi connectivity index (χ4v) is 3.46. The molecule has 0 spiro atoms. The molecule has 0 saturated heterocycles. The van der Waals surface area contributed by atoms with Crippen molar-refractivity contribution in [3.63, 3.8) is 0 Å². The third-order valence-corrected chi connectivity index (χ3v) is 4.74. The molecule has 3 nitrogen and oxygen atoms in total. The fourth-order valence-electron chi connectivity index (χ4n) is 3.46. The summed E-state index contributed by atoms with van der Waals surface area (Å²) in [6.45, 7) is 0.624. The highest BCUT2D eigenvalue weighted by atomic mass is 16.5.